The SMILES string of the molecule is C[C@@]1(c2nc(NC(=O)c3ncc(Cl)cc3Cl)ccc2F)N=C(N)OC2C[C@H]21. The van der Waals surface area contributed by atoms with Gasteiger partial charge in [-0.1, -0.05) is 23.2 Å². The average molecular weight is 410 g/mol. The highest BCUT2D eigenvalue weighted by Crippen LogP contribution is 2.52. The standard InChI is InChI=1S/C17H14Cl2FN5O2/c1-17(8-5-11(8)27-16(21)25-17)14-10(20)2-3-12(23-14)24-15(26)13-9(19)4-7(18)6-22-13/h2-4,6,8,11H,5H2,1H3,(H2,21,25)(H,23,24,26)/t8-,11?,17-/m1/s1. The Morgan fingerprint density at radius 2 is 2.22 bits per heavy atom. The van der Waals surface area contributed by atoms with Crippen molar-refractivity contribution in [1.82, 2.24) is 9.97 Å². The van der Waals surface area contributed by atoms with Gasteiger partial charge in [-0.25, -0.2) is 19.4 Å². The molecule has 7 nitrogen and oxygen atoms in total. The van der Waals surface area contributed by atoms with Crippen molar-refractivity contribution in [2.24, 2.45) is 16.6 Å². The van der Waals surface area contributed by atoms with Crippen molar-refractivity contribution in [1.29, 1.82) is 0 Å². The van der Waals surface area contributed by atoms with Crippen molar-refractivity contribution < 1.29 is 13.9 Å². The summed E-state index contributed by atoms with van der Waals surface area (Å²) in [6.45, 7) is 1.75. The van der Waals surface area contributed by atoms with E-state index in [1.807, 2.05) is 0 Å². The highest BCUT2D eigenvalue weighted by molar-refractivity contribution is 6.36. The minimum absolute atomic E-state index is 0.00374. The maximum atomic E-state index is 14.5. The van der Waals surface area contributed by atoms with Crippen molar-refractivity contribution in [2.75, 3.05) is 5.32 Å². The van der Waals surface area contributed by atoms with Crippen molar-refractivity contribution in [3.63, 3.8) is 0 Å². The molecule has 27 heavy (non-hydrogen) atoms. The first-order valence-corrected chi connectivity index (χ1v) is 8.85. The molecule has 4 rings (SSSR count). The molecule has 2 aliphatic rings. The van der Waals surface area contributed by atoms with E-state index in [4.69, 9.17) is 33.7 Å². The summed E-state index contributed by atoms with van der Waals surface area (Å²) in [6, 6.07) is 3.98. The largest absolute Gasteiger partial charge is 0.462 e. The van der Waals surface area contributed by atoms with E-state index in [2.05, 4.69) is 20.3 Å². The van der Waals surface area contributed by atoms with Gasteiger partial charge < -0.3 is 15.8 Å². The Morgan fingerprint density at radius 3 is 2.96 bits per heavy atom. The maximum Gasteiger partial charge on any atom is 0.283 e. The number of nitrogens with two attached hydrogens (primary N) is 1. The molecule has 3 N–H and O–H groups in total. The molecule has 140 valence electrons. The number of fused-ring (bicyclic) bond motifs is 1. The number of rotatable bonds is 3. The van der Waals surface area contributed by atoms with Gasteiger partial charge in [0.25, 0.3) is 11.9 Å². The fourth-order valence-corrected chi connectivity index (χ4v) is 3.71. The Labute approximate surface area is 163 Å². The summed E-state index contributed by atoms with van der Waals surface area (Å²) in [5.74, 6) is -1.01. The Balaban J connectivity index is 1.65. The summed E-state index contributed by atoms with van der Waals surface area (Å²) < 4.78 is 19.9. The van der Waals surface area contributed by atoms with Gasteiger partial charge in [0.15, 0.2) is 0 Å². The molecule has 2 aromatic heterocycles. The zero-order valence-electron chi connectivity index (χ0n) is 14.0. The van der Waals surface area contributed by atoms with Crippen LogP contribution >= 0.6 is 23.2 Å². The first-order valence-electron chi connectivity index (χ1n) is 8.09. The number of amides is 1. The van der Waals surface area contributed by atoms with Gasteiger partial charge in [0.05, 0.1) is 10.0 Å². The highest BCUT2D eigenvalue weighted by Gasteiger charge is 2.58. The number of aliphatic imine (C=N–C) groups is 1. The van der Waals surface area contributed by atoms with Gasteiger partial charge in [-0.2, -0.15) is 0 Å². The monoisotopic (exact) mass is 409 g/mol. The molecular weight excluding hydrogens is 396 g/mol. The van der Waals surface area contributed by atoms with Gasteiger partial charge in [0.2, 0.25) is 0 Å². The average Bonchev–Trinajstić information content (AvgIpc) is 3.36. The molecule has 1 saturated carbocycles. The third-order valence-corrected chi connectivity index (χ3v) is 5.15. The lowest BCUT2D eigenvalue weighted by molar-refractivity contribution is 0.102. The second kappa shape index (κ2) is 6.31. The predicted molar refractivity (Wildman–Crippen MR) is 98.4 cm³/mol. The second-order valence-electron chi connectivity index (χ2n) is 6.56. The van der Waals surface area contributed by atoms with Crippen LogP contribution in [0.25, 0.3) is 0 Å². The van der Waals surface area contributed by atoms with E-state index in [0.717, 1.165) is 0 Å². The van der Waals surface area contributed by atoms with Crippen LogP contribution in [0.4, 0.5) is 10.2 Å². The normalized spacial score (nSPS) is 25.9. The number of pyridine rings is 2. The van der Waals surface area contributed by atoms with Crippen LogP contribution in [0.15, 0.2) is 29.4 Å². The number of nitrogens with one attached hydrogen (secondary N) is 1. The molecule has 1 aliphatic heterocycles. The lowest BCUT2D eigenvalue weighted by Gasteiger charge is -2.29. The maximum absolute atomic E-state index is 14.5. The quantitative estimate of drug-likeness (QED) is 0.810. The smallest absolute Gasteiger partial charge is 0.283 e. The van der Waals surface area contributed by atoms with E-state index in [0.29, 0.717) is 11.4 Å². The fourth-order valence-electron chi connectivity index (χ4n) is 3.24. The zero-order chi connectivity index (χ0) is 19.3. The molecule has 1 unspecified atom stereocenters. The lowest BCUT2D eigenvalue weighted by atomic mass is 9.90. The first kappa shape index (κ1) is 17.9. The number of carbonyl (C=O) groups excluding carboxylic acids is 1. The molecule has 1 amide bonds. The number of hydrogen-bond acceptors (Lipinski definition) is 6. The van der Waals surface area contributed by atoms with E-state index in [-0.39, 0.29) is 40.3 Å². The predicted octanol–water partition coefficient (Wildman–Crippen LogP) is 3.12. The van der Waals surface area contributed by atoms with E-state index in [1.54, 1.807) is 6.92 Å². The van der Waals surface area contributed by atoms with Crippen LogP contribution in [-0.4, -0.2) is 28.0 Å². The van der Waals surface area contributed by atoms with Gasteiger partial charge in [0, 0.05) is 12.1 Å². The Kier molecular flexibility index (Phi) is 4.20. The first-order chi connectivity index (χ1) is 12.8. The fraction of sp³-hybridized carbons (Fsp3) is 0.294. The summed E-state index contributed by atoms with van der Waals surface area (Å²) >= 11 is 11.8. The number of hydrogen-bond donors (Lipinski definition) is 2. The van der Waals surface area contributed by atoms with Crippen LogP contribution in [0, 0.1) is 11.7 Å². The van der Waals surface area contributed by atoms with Gasteiger partial charge in [-0.15, -0.1) is 0 Å². The molecule has 10 heteroatoms. The number of anilines is 1. The topological polar surface area (TPSA) is 102 Å². The summed E-state index contributed by atoms with van der Waals surface area (Å²) in [6.07, 6.45) is 1.92. The summed E-state index contributed by atoms with van der Waals surface area (Å²) in [5, 5.41) is 2.96. The Hall–Kier alpha value is -2.45. The third kappa shape index (κ3) is 3.19. The third-order valence-electron chi connectivity index (χ3n) is 4.66. The van der Waals surface area contributed by atoms with Crippen molar-refractivity contribution in [2.45, 2.75) is 25.0 Å². The number of ether oxygens (including phenoxy) is 1. The van der Waals surface area contributed by atoms with E-state index < -0.39 is 17.3 Å². The summed E-state index contributed by atoms with van der Waals surface area (Å²) in [5.41, 5.74) is 4.82. The summed E-state index contributed by atoms with van der Waals surface area (Å²) in [7, 11) is 0. The molecule has 0 radical (unpaired) electrons. The highest BCUT2D eigenvalue weighted by atomic mass is 35.5. The van der Waals surface area contributed by atoms with Crippen LogP contribution in [0.2, 0.25) is 10.0 Å². The van der Waals surface area contributed by atoms with Crippen LogP contribution in [0.1, 0.15) is 29.5 Å². The molecule has 0 spiro atoms. The Morgan fingerprint density at radius 1 is 1.44 bits per heavy atom. The van der Waals surface area contributed by atoms with Crippen molar-refractivity contribution in [3.8, 4) is 0 Å². The molecule has 1 fully saturated rings. The molecule has 1 aliphatic carbocycles. The van der Waals surface area contributed by atoms with E-state index in [9.17, 15) is 9.18 Å². The second-order valence-corrected chi connectivity index (χ2v) is 7.40. The van der Waals surface area contributed by atoms with Gasteiger partial charge in [0.1, 0.15) is 34.7 Å². The van der Waals surface area contributed by atoms with E-state index in [1.165, 1.54) is 24.4 Å². The minimum Gasteiger partial charge on any atom is -0.462 e. The van der Waals surface area contributed by atoms with Crippen molar-refractivity contribution >= 4 is 40.9 Å². The zero-order valence-corrected chi connectivity index (χ0v) is 15.6. The van der Waals surface area contributed by atoms with Gasteiger partial charge in [-0.05, 0) is 31.5 Å². The number of aromatic nitrogens is 2. The van der Waals surface area contributed by atoms with Crippen LogP contribution in [0.3, 0.4) is 0 Å². The van der Waals surface area contributed by atoms with E-state index >= 15 is 0 Å². The van der Waals surface area contributed by atoms with Gasteiger partial charge >= 0.3 is 0 Å². The Bertz CT molecular complexity index is 986. The molecule has 0 saturated heterocycles. The molecule has 3 heterocycles. The van der Waals surface area contributed by atoms with Crippen LogP contribution < -0.4 is 11.1 Å². The molecule has 0 bridgehead atoms. The van der Waals surface area contributed by atoms with Crippen LogP contribution in [0.5, 0.6) is 0 Å². The van der Waals surface area contributed by atoms with Crippen molar-refractivity contribution in [3.05, 3.63) is 51.6 Å². The molecule has 2 aromatic rings. The lowest BCUT2D eigenvalue weighted by Crippen LogP contribution is -2.36. The number of carbonyl (C=O) groups is 1. The number of nitrogens with zero attached hydrogens (tertiary/aromatic N) is 3. The van der Waals surface area contributed by atoms with Crippen LogP contribution in [-0.2, 0) is 10.3 Å². The summed E-state index contributed by atoms with van der Waals surface area (Å²) in [4.78, 5) is 24.9. The number of amidine groups is 1. The minimum atomic E-state index is -0.964. The molecule has 3 atom stereocenters. The van der Waals surface area contributed by atoms with Gasteiger partial charge in [-0.3, -0.25) is 4.79 Å². The molecule has 0 aromatic carbocycles. The molecular formula is C17H14Cl2FN5O2. The number of halogens is 3.